The van der Waals surface area contributed by atoms with Crippen LogP contribution in [0.3, 0.4) is 0 Å². The second-order valence-corrected chi connectivity index (χ2v) is 22.9. The van der Waals surface area contributed by atoms with E-state index in [0.29, 0.717) is 0 Å². The molecule has 0 fully saturated rings. The Hall–Kier alpha value is -9.32. The van der Waals surface area contributed by atoms with E-state index in [1.165, 1.54) is 140 Å². The Balaban J connectivity index is 1.04. The maximum absolute atomic E-state index is 2.79. The first-order chi connectivity index (χ1) is 37.2. The molecular weight excluding hydrogens is 923 g/mol. The van der Waals surface area contributed by atoms with Crippen LogP contribution in [0, 0.1) is 0 Å². The number of para-hydroxylation sites is 3. The smallest absolute Gasteiger partial charge is 0.308 e. The van der Waals surface area contributed by atoms with E-state index in [0.717, 1.165) is 11.6 Å². The first kappa shape index (κ1) is 41.1. The Bertz CT molecular complexity index is 4620. The maximum Gasteiger partial charge on any atom is 0.319 e. The lowest BCUT2D eigenvalue weighted by atomic mass is 9.66. The lowest BCUT2D eigenvalue weighted by Crippen LogP contribution is -2.76. The largest absolute Gasteiger partial charge is 0.319 e. The number of pyridine rings is 2. The normalized spacial score (nSPS) is 17.2. The molecule has 0 N–H and O–H groups in total. The van der Waals surface area contributed by atoms with Crippen molar-refractivity contribution in [2.45, 2.75) is 44.2 Å². The van der Waals surface area contributed by atoms with Gasteiger partial charge in [-0.2, -0.15) is 18.6 Å². The van der Waals surface area contributed by atoms with Crippen molar-refractivity contribution in [3.05, 3.63) is 258 Å². The van der Waals surface area contributed by atoms with E-state index in [1.807, 2.05) is 0 Å². The van der Waals surface area contributed by atoms with Gasteiger partial charge < -0.3 is 4.90 Å². The number of anilines is 6. The zero-order valence-corrected chi connectivity index (χ0v) is 42.6. The molecule has 12 aromatic rings. The van der Waals surface area contributed by atoms with Crippen molar-refractivity contribution >= 4 is 56.1 Å². The summed E-state index contributed by atoms with van der Waals surface area (Å²) in [5.74, 6) is 2.33. The molecule has 1 unspecified atom stereocenters. The van der Waals surface area contributed by atoms with Gasteiger partial charge in [0.05, 0.1) is 17.1 Å². The van der Waals surface area contributed by atoms with Crippen LogP contribution in [0.25, 0.3) is 83.5 Å². The summed E-state index contributed by atoms with van der Waals surface area (Å²) in [6, 6.07) is 85.1. The fourth-order valence-electron chi connectivity index (χ4n) is 15.2. The minimum atomic E-state index is -0.826. The molecule has 6 aliphatic rings. The summed E-state index contributed by atoms with van der Waals surface area (Å²) in [5, 5.41) is 2.57. The molecule has 5 nitrogen and oxygen atoms in total. The molecule has 0 saturated carbocycles. The minimum Gasteiger partial charge on any atom is -0.308 e. The van der Waals surface area contributed by atoms with Crippen LogP contribution in [0.1, 0.15) is 61.1 Å². The van der Waals surface area contributed by atoms with E-state index >= 15 is 0 Å². The van der Waals surface area contributed by atoms with Crippen molar-refractivity contribution < 1.29 is 9.13 Å². The molecule has 9 aromatic carbocycles. The molecule has 356 valence electrons. The van der Waals surface area contributed by atoms with E-state index < -0.39 is 5.66 Å². The van der Waals surface area contributed by atoms with Crippen LogP contribution in [0.5, 0.6) is 0 Å². The number of benzene rings is 9. The Kier molecular flexibility index (Phi) is 7.40. The lowest BCUT2D eigenvalue weighted by molar-refractivity contribution is -0.931. The minimum absolute atomic E-state index is 0.308. The lowest BCUT2D eigenvalue weighted by Gasteiger charge is -2.52. The third kappa shape index (κ3) is 4.68. The van der Waals surface area contributed by atoms with Crippen LogP contribution in [0.4, 0.5) is 34.3 Å². The Morgan fingerprint density at radius 2 is 0.803 bits per heavy atom. The van der Waals surface area contributed by atoms with Gasteiger partial charge in [-0.3, -0.25) is 0 Å². The molecule has 0 radical (unpaired) electrons. The van der Waals surface area contributed by atoms with Gasteiger partial charge in [0, 0.05) is 44.9 Å². The number of hydrogen-bond acceptors (Lipinski definition) is 2. The molecule has 0 saturated heterocycles. The fraction of sp³-hybridized carbons (Fsp3) is 0.0986. The highest BCUT2D eigenvalue weighted by molar-refractivity contribution is 6.15. The van der Waals surface area contributed by atoms with Gasteiger partial charge in [0.25, 0.3) is 11.6 Å². The summed E-state index contributed by atoms with van der Waals surface area (Å²) in [6.07, 6.45) is 0. The van der Waals surface area contributed by atoms with E-state index in [2.05, 4.69) is 276 Å². The molecule has 6 aliphatic heterocycles. The molecule has 18 rings (SSSR count). The number of fused-ring (bicyclic) bond motifs is 11. The highest BCUT2D eigenvalue weighted by Gasteiger charge is 2.72. The van der Waals surface area contributed by atoms with Crippen molar-refractivity contribution in [1.82, 2.24) is 4.57 Å². The molecule has 9 heterocycles. The van der Waals surface area contributed by atoms with E-state index in [-0.39, 0.29) is 10.8 Å². The first-order valence-electron chi connectivity index (χ1n) is 26.8. The summed E-state index contributed by atoms with van der Waals surface area (Å²) in [5.41, 5.74) is 27.4. The van der Waals surface area contributed by atoms with Crippen molar-refractivity contribution in [3.8, 4) is 61.7 Å². The fourth-order valence-corrected chi connectivity index (χ4v) is 15.2. The van der Waals surface area contributed by atoms with Crippen molar-refractivity contribution in [3.63, 3.8) is 0 Å². The van der Waals surface area contributed by atoms with Gasteiger partial charge in [-0.25, -0.2) is 0 Å². The molecule has 5 heteroatoms. The predicted molar refractivity (Wildman–Crippen MR) is 307 cm³/mol. The second-order valence-electron chi connectivity index (χ2n) is 22.9. The standard InChI is InChI=1S/C71H49N5/c1-69(2)53-23-13-16-26-58(53)74-63-40-49(47-33-29-45(30-34-47)43-19-9-6-10-20-43)38-61-60-37-48(46-31-27-44(28-32-46)42-17-7-5-8-18-42)39-62-73-56-24-14-11-21-50(56)51-41-55-68-65(66(51)73)71(75(60)62,76(61)63)64-59(36-35-54(69)67(64)74)72(68)57-25-15-12-22-52(57)70(55,3)4/h5-41H,1-4H3/q+2. The molecule has 3 aromatic heterocycles. The van der Waals surface area contributed by atoms with E-state index in [1.54, 1.807) is 0 Å². The van der Waals surface area contributed by atoms with Crippen LogP contribution < -0.4 is 18.9 Å². The number of aromatic nitrogens is 3. The number of nitrogens with zero attached hydrogens (tertiary/aromatic N) is 5. The molecular formula is C71H49N5+2. The Morgan fingerprint density at radius 1 is 0.329 bits per heavy atom. The quantitative estimate of drug-likeness (QED) is 0.164. The van der Waals surface area contributed by atoms with Gasteiger partial charge in [-0.05, 0) is 104 Å². The summed E-state index contributed by atoms with van der Waals surface area (Å²) < 4.78 is 8.23. The van der Waals surface area contributed by atoms with Crippen molar-refractivity contribution in [1.29, 1.82) is 0 Å². The van der Waals surface area contributed by atoms with Crippen LogP contribution in [0.15, 0.2) is 224 Å². The molecule has 0 bridgehead atoms. The first-order valence-corrected chi connectivity index (χ1v) is 26.8. The van der Waals surface area contributed by atoms with Crippen molar-refractivity contribution in [2.75, 3.05) is 9.80 Å². The Labute approximate surface area is 441 Å². The molecule has 76 heavy (non-hydrogen) atoms. The van der Waals surface area contributed by atoms with Crippen LogP contribution in [-0.2, 0) is 16.5 Å². The number of hydrogen-bond donors (Lipinski definition) is 0. The average Bonchev–Trinajstić information content (AvgIpc) is 3.83. The molecule has 1 atom stereocenters. The molecule has 0 amide bonds. The van der Waals surface area contributed by atoms with Gasteiger partial charge in [0.2, 0.25) is 0 Å². The van der Waals surface area contributed by atoms with Crippen molar-refractivity contribution in [2.24, 2.45) is 0 Å². The van der Waals surface area contributed by atoms with E-state index in [9.17, 15) is 0 Å². The SMILES string of the molecule is CC1(C)c2ccccc2N2c3c1ccc1c3C34c5c6c(cc7c8ccccc8n(c57)-c5cc(-c7ccc(-c8ccccc8)cc7)cc([n+]53)-c3cc(-c5ccc(-c7ccccc7)cc5)cc2[n+]34)C(C)(C)c2ccccc2N16. The maximum atomic E-state index is 2.79. The van der Waals surface area contributed by atoms with Gasteiger partial charge in [0.1, 0.15) is 22.3 Å². The summed E-state index contributed by atoms with van der Waals surface area (Å²) in [6.45, 7) is 9.80. The molecule has 0 aliphatic carbocycles. The topological polar surface area (TPSA) is 19.2 Å². The third-order valence-corrected chi connectivity index (χ3v) is 18.6. The van der Waals surface area contributed by atoms with Gasteiger partial charge in [-0.15, -0.1) is 0 Å². The summed E-state index contributed by atoms with van der Waals surface area (Å²) in [7, 11) is 0. The monoisotopic (exact) mass is 971 g/mol. The highest BCUT2D eigenvalue weighted by Crippen LogP contribution is 2.69. The van der Waals surface area contributed by atoms with Gasteiger partial charge >= 0.3 is 5.66 Å². The average molecular weight is 972 g/mol. The third-order valence-electron chi connectivity index (χ3n) is 18.6. The second kappa shape index (κ2) is 13.7. The Morgan fingerprint density at radius 3 is 1.42 bits per heavy atom. The summed E-state index contributed by atoms with van der Waals surface area (Å²) >= 11 is 0. The van der Waals surface area contributed by atoms with E-state index in [4.69, 9.17) is 0 Å². The zero-order valence-electron chi connectivity index (χ0n) is 42.6. The predicted octanol–water partition coefficient (Wildman–Crippen LogP) is 16.5. The molecule has 1 spiro atoms. The van der Waals surface area contributed by atoms with Gasteiger partial charge in [-0.1, -0.05) is 191 Å². The zero-order chi connectivity index (χ0) is 50.1. The number of rotatable bonds is 4. The highest BCUT2D eigenvalue weighted by atomic mass is 15.5. The summed E-state index contributed by atoms with van der Waals surface area (Å²) in [4.78, 5) is 5.34. The van der Waals surface area contributed by atoms with Crippen LogP contribution in [-0.4, -0.2) is 4.57 Å². The van der Waals surface area contributed by atoms with Gasteiger partial charge in [0.15, 0.2) is 22.6 Å². The van der Waals surface area contributed by atoms with Crippen LogP contribution in [0.2, 0.25) is 0 Å². The van der Waals surface area contributed by atoms with Crippen LogP contribution >= 0.6 is 0 Å².